The molecule has 9 nitrogen and oxygen atoms in total. The van der Waals surface area contributed by atoms with Crippen molar-refractivity contribution in [3.05, 3.63) is 86.9 Å². The van der Waals surface area contributed by atoms with Crippen LogP contribution in [0.2, 0.25) is 0 Å². The number of carbonyl (C=O) groups is 1. The summed E-state index contributed by atoms with van der Waals surface area (Å²) in [6, 6.07) is 15.6. The van der Waals surface area contributed by atoms with Crippen LogP contribution in [0.15, 0.2) is 70.7 Å². The van der Waals surface area contributed by atoms with Gasteiger partial charge in [0.2, 0.25) is 5.88 Å². The Balaban J connectivity index is 1.52. The van der Waals surface area contributed by atoms with Gasteiger partial charge in [-0.2, -0.15) is 0 Å². The van der Waals surface area contributed by atoms with Crippen molar-refractivity contribution in [2.75, 3.05) is 7.11 Å². The molecular formula is C23H18N4O5S. The third-order valence-corrected chi connectivity index (χ3v) is 5.42. The summed E-state index contributed by atoms with van der Waals surface area (Å²) in [6.45, 7) is 1.98. The van der Waals surface area contributed by atoms with Crippen LogP contribution in [0, 0.1) is 17.0 Å². The molecule has 1 fully saturated rings. The van der Waals surface area contributed by atoms with Gasteiger partial charge in [0.1, 0.15) is 6.20 Å². The van der Waals surface area contributed by atoms with E-state index >= 15 is 0 Å². The summed E-state index contributed by atoms with van der Waals surface area (Å²) in [4.78, 5) is 31.5. The van der Waals surface area contributed by atoms with Crippen LogP contribution in [0.3, 0.4) is 0 Å². The van der Waals surface area contributed by atoms with E-state index < -0.39 is 4.92 Å². The maximum atomic E-state index is 12.4. The SMILES string of the molecule is COc1cc(/C=C2/SC(=Nc3cccc(C)c3)NC2=O)ccc1Oc1ccc([N+](=O)[O-])cn1. The van der Waals surface area contributed by atoms with Crippen molar-refractivity contribution in [3.8, 4) is 17.4 Å². The highest BCUT2D eigenvalue weighted by Gasteiger charge is 2.24. The number of amides is 1. The molecule has 0 aliphatic carbocycles. The molecule has 0 spiro atoms. The Kier molecular flexibility index (Phi) is 6.36. The number of aromatic nitrogens is 1. The molecule has 4 rings (SSSR count). The third-order valence-electron chi connectivity index (χ3n) is 4.51. The zero-order valence-corrected chi connectivity index (χ0v) is 18.5. The average Bonchev–Trinajstić information content (AvgIpc) is 3.13. The number of amidine groups is 1. The van der Waals surface area contributed by atoms with E-state index in [1.165, 1.54) is 31.0 Å². The number of aliphatic imine (C=N–C) groups is 1. The van der Waals surface area contributed by atoms with Crippen LogP contribution < -0.4 is 14.8 Å². The van der Waals surface area contributed by atoms with Gasteiger partial charge < -0.3 is 14.8 Å². The van der Waals surface area contributed by atoms with Gasteiger partial charge in [-0.15, -0.1) is 0 Å². The Morgan fingerprint density at radius 2 is 2.00 bits per heavy atom. The lowest BCUT2D eigenvalue weighted by atomic mass is 10.2. The zero-order valence-electron chi connectivity index (χ0n) is 17.6. The number of aryl methyl sites for hydroxylation is 1. The summed E-state index contributed by atoms with van der Waals surface area (Å²) in [5, 5.41) is 14.0. The maximum absolute atomic E-state index is 12.4. The molecule has 1 N–H and O–H groups in total. The van der Waals surface area contributed by atoms with Gasteiger partial charge in [0, 0.05) is 12.1 Å². The van der Waals surface area contributed by atoms with Gasteiger partial charge in [0.25, 0.3) is 11.6 Å². The molecule has 1 amide bonds. The van der Waals surface area contributed by atoms with Gasteiger partial charge in [0.05, 0.1) is 22.6 Å². The summed E-state index contributed by atoms with van der Waals surface area (Å²) in [5.41, 5.74) is 2.45. The van der Waals surface area contributed by atoms with Gasteiger partial charge in [0.15, 0.2) is 16.7 Å². The number of rotatable bonds is 6. The molecule has 0 bridgehead atoms. The molecule has 10 heteroatoms. The van der Waals surface area contributed by atoms with Gasteiger partial charge in [-0.1, -0.05) is 18.2 Å². The number of nitrogens with zero attached hydrogens (tertiary/aromatic N) is 3. The van der Waals surface area contributed by atoms with E-state index in [1.807, 2.05) is 31.2 Å². The fraction of sp³-hybridized carbons (Fsp3) is 0.0870. The topological polar surface area (TPSA) is 116 Å². The Hall–Kier alpha value is -4.18. The molecule has 0 atom stereocenters. The predicted molar refractivity (Wildman–Crippen MR) is 126 cm³/mol. The second-order valence-electron chi connectivity index (χ2n) is 6.94. The molecule has 1 aliphatic heterocycles. The first-order valence-electron chi connectivity index (χ1n) is 9.74. The number of ether oxygens (including phenoxy) is 2. The van der Waals surface area contributed by atoms with E-state index in [-0.39, 0.29) is 17.5 Å². The van der Waals surface area contributed by atoms with E-state index in [0.29, 0.717) is 21.6 Å². The van der Waals surface area contributed by atoms with Crippen molar-refractivity contribution >= 4 is 40.3 Å². The first-order chi connectivity index (χ1) is 15.9. The lowest BCUT2D eigenvalue weighted by Crippen LogP contribution is -2.19. The number of pyridine rings is 1. The number of thioether (sulfide) groups is 1. The monoisotopic (exact) mass is 462 g/mol. The standard InChI is InChI=1S/C23H18N4O5S/c1-14-4-3-5-16(10-14)25-23-26-22(28)20(33-23)12-15-6-8-18(19(11-15)31-2)32-21-9-7-17(13-24-21)27(29)30/h3-13H,1-2H3,(H,25,26,28)/b20-12+. The predicted octanol–water partition coefficient (Wildman–Crippen LogP) is 4.99. The van der Waals surface area contributed by atoms with E-state index in [1.54, 1.807) is 24.3 Å². The van der Waals surface area contributed by atoms with Crippen LogP contribution in [0.25, 0.3) is 6.08 Å². The molecule has 2 heterocycles. The first kappa shape index (κ1) is 22.0. The lowest BCUT2D eigenvalue weighted by Gasteiger charge is -2.10. The van der Waals surface area contributed by atoms with Crippen molar-refractivity contribution in [1.29, 1.82) is 0 Å². The van der Waals surface area contributed by atoms with Gasteiger partial charge >= 0.3 is 0 Å². The Morgan fingerprint density at radius 3 is 2.70 bits per heavy atom. The smallest absolute Gasteiger partial charge is 0.287 e. The number of hydrogen-bond donors (Lipinski definition) is 1. The van der Waals surface area contributed by atoms with E-state index in [4.69, 9.17) is 9.47 Å². The first-order valence-corrected chi connectivity index (χ1v) is 10.6. The van der Waals surface area contributed by atoms with Crippen LogP contribution in [0.4, 0.5) is 11.4 Å². The number of carbonyl (C=O) groups excluding carboxylic acids is 1. The largest absolute Gasteiger partial charge is 0.493 e. The minimum atomic E-state index is -0.534. The third kappa shape index (κ3) is 5.36. The maximum Gasteiger partial charge on any atom is 0.287 e. The second-order valence-corrected chi connectivity index (χ2v) is 7.98. The molecule has 0 unspecified atom stereocenters. The molecule has 166 valence electrons. The number of benzene rings is 2. The molecule has 1 aromatic heterocycles. The number of nitrogens with one attached hydrogen (secondary N) is 1. The Bertz CT molecular complexity index is 1290. The fourth-order valence-electron chi connectivity index (χ4n) is 2.96. The van der Waals surface area contributed by atoms with Crippen LogP contribution in [-0.2, 0) is 4.79 Å². The van der Waals surface area contributed by atoms with E-state index in [0.717, 1.165) is 23.0 Å². The van der Waals surface area contributed by atoms with Crippen molar-refractivity contribution in [2.24, 2.45) is 4.99 Å². The average molecular weight is 462 g/mol. The fourth-order valence-corrected chi connectivity index (χ4v) is 3.80. The van der Waals surface area contributed by atoms with Gasteiger partial charge in [-0.25, -0.2) is 9.98 Å². The summed E-state index contributed by atoms with van der Waals surface area (Å²) >= 11 is 1.25. The quantitative estimate of drug-likeness (QED) is 0.312. The minimum absolute atomic E-state index is 0.131. The Labute approximate surface area is 193 Å². The normalized spacial score (nSPS) is 15.5. The summed E-state index contributed by atoms with van der Waals surface area (Å²) in [5.74, 6) is 0.751. The van der Waals surface area contributed by atoms with Crippen LogP contribution in [0.1, 0.15) is 11.1 Å². The van der Waals surface area contributed by atoms with Crippen molar-refractivity contribution < 1.29 is 19.2 Å². The lowest BCUT2D eigenvalue weighted by molar-refractivity contribution is -0.385. The van der Waals surface area contributed by atoms with Crippen molar-refractivity contribution in [2.45, 2.75) is 6.92 Å². The van der Waals surface area contributed by atoms with Crippen LogP contribution in [0.5, 0.6) is 17.4 Å². The zero-order chi connectivity index (χ0) is 23.4. The van der Waals surface area contributed by atoms with Gasteiger partial charge in [-0.3, -0.25) is 14.9 Å². The van der Waals surface area contributed by atoms with Crippen LogP contribution in [-0.4, -0.2) is 28.1 Å². The van der Waals surface area contributed by atoms with Crippen LogP contribution >= 0.6 is 11.8 Å². The number of hydrogen-bond acceptors (Lipinski definition) is 8. The van der Waals surface area contributed by atoms with Crippen molar-refractivity contribution in [1.82, 2.24) is 10.3 Å². The molecule has 0 saturated carbocycles. The molecule has 2 aromatic carbocycles. The highest BCUT2D eigenvalue weighted by atomic mass is 32.2. The minimum Gasteiger partial charge on any atom is -0.493 e. The van der Waals surface area contributed by atoms with Crippen molar-refractivity contribution in [3.63, 3.8) is 0 Å². The summed E-state index contributed by atoms with van der Waals surface area (Å²) < 4.78 is 11.1. The molecule has 1 saturated heterocycles. The number of nitro groups is 1. The molecule has 0 radical (unpaired) electrons. The molecule has 3 aromatic rings. The summed E-state index contributed by atoms with van der Waals surface area (Å²) in [7, 11) is 1.49. The molecule has 1 aliphatic rings. The van der Waals surface area contributed by atoms with E-state index in [9.17, 15) is 14.9 Å². The highest BCUT2D eigenvalue weighted by Crippen LogP contribution is 2.34. The molecular weight excluding hydrogens is 444 g/mol. The second kappa shape index (κ2) is 9.53. The molecule has 33 heavy (non-hydrogen) atoms. The van der Waals surface area contributed by atoms with E-state index in [2.05, 4.69) is 15.3 Å². The Morgan fingerprint density at radius 1 is 1.15 bits per heavy atom. The number of methoxy groups -OCH3 is 1. The van der Waals surface area contributed by atoms with Gasteiger partial charge in [-0.05, 0) is 60.2 Å². The highest BCUT2D eigenvalue weighted by molar-refractivity contribution is 8.18. The summed E-state index contributed by atoms with van der Waals surface area (Å²) in [6.07, 6.45) is 2.85.